The molecule has 2 N–H and O–H groups in total. The van der Waals surface area contributed by atoms with Gasteiger partial charge in [-0.15, -0.1) is 0 Å². The molecular formula is C16H16Cl2N2O3S. The SMILES string of the molecule is O=C(CCNS(=O)(=O)c1ccc(Cl)c(Cl)c1)NCc1ccccc1. The van der Waals surface area contributed by atoms with Crippen LogP contribution in [0.25, 0.3) is 0 Å². The smallest absolute Gasteiger partial charge is 0.240 e. The summed E-state index contributed by atoms with van der Waals surface area (Å²) < 4.78 is 26.6. The molecule has 0 saturated carbocycles. The Morgan fingerprint density at radius 2 is 1.71 bits per heavy atom. The van der Waals surface area contributed by atoms with E-state index in [-0.39, 0.29) is 33.8 Å². The van der Waals surface area contributed by atoms with Crippen molar-refractivity contribution in [2.24, 2.45) is 0 Å². The number of sulfonamides is 1. The minimum atomic E-state index is -3.74. The second-order valence-corrected chi connectivity index (χ2v) is 7.57. The summed E-state index contributed by atoms with van der Waals surface area (Å²) in [6, 6.07) is 13.5. The first kappa shape index (κ1) is 18.7. The van der Waals surface area contributed by atoms with E-state index >= 15 is 0 Å². The minimum Gasteiger partial charge on any atom is -0.352 e. The molecule has 0 aliphatic heterocycles. The van der Waals surface area contributed by atoms with Crippen LogP contribution in [0, 0.1) is 0 Å². The molecule has 0 aromatic heterocycles. The zero-order valence-electron chi connectivity index (χ0n) is 12.6. The number of halogens is 2. The van der Waals surface area contributed by atoms with Crippen molar-refractivity contribution >= 4 is 39.1 Å². The lowest BCUT2D eigenvalue weighted by Gasteiger charge is -2.08. The number of hydrogen-bond donors (Lipinski definition) is 2. The van der Waals surface area contributed by atoms with Gasteiger partial charge in [-0.05, 0) is 23.8 Å². The third-order valence-electron chi connectivity index (χ3n) is 3.18. The summed E-state index contributed by atoms with van der Waals surface area (Å²) in [7, 11) is -3.74. The molecule has 0 spiro atoms. The molecule has 0 heterocycles. The van der Waals surface area contributed by atoms with Crippen LogP contribution in [0.1, 0.15) is 12.0 Å². The standard InChI is InChI=1S/C16H16Cl2N2O3S/c17-14-7-6-13(10-15(14)18)24(22,23)20-9-8-16(21)19-11-12-4-2-1-3-5-12/h1-7,10,20H,8-9,11H2,(H,19,21). The van der Waals surface area contributed by atoms with E-state index in [9.17, 15) is 13.2 Å². The van der Waals surface area contributed by atoms with E-state index in [1.165, 1.54) is 18.2 Å². The van der Waals surface area contributed by atoms with Crippen molar-refractivity contribution in [1.82, 2.24) is 10.0 Å². The molecule has 8 heteroatoms. The Bertz CT molecular complexity index is 811. The Labute approximate surface area is 151 Å². The molecule has 2 aromatic rings. The number of carbonyl (C=O) groups is 1. The number of carbonyl (C=O) groups excluding carboxylic acids is 1. The molecule has 0 atom stereocenters. The van der Waals surface area contributed by atoms with Gasteiger partial charge in [0, 0.05) is 19.5 Å². The van der Waals surface area contributed by atoms with Gasteiger partial charge in [-0.25, -0.2) is 13.1 Å². The maximum atomic E-state index is 12.1. The fourth-order valence-corrected chi connectivity index (χ4v) is 3.33. The molecule has 0 unspecified atom stereocenters. The highest BCUT2D eigenvalue weighted by molar-refractivity contribution is 7.89. The molecule has 0 fully saturated rings. The molecule has 1 amide bonds. The summed E-state index contributed by atoms with van der Waals surface area (Å²) in [6.45, 7) is 0.391. The summed E-state index contributed by atoms with van der Waals surface area (Å²) in [5.74, 6) is -0.240. The van der Waals surface area contributed by atoms with Crippen molar-refractivity contribution in [1.29, 1.82) is 0 Å². The highest BCUT2D eigenvalue weighted by atomic mass is 35.5. The molecule has 0 saturated heterocycles. The molecular weight excluding hydrogens is 371 g/mol. The van der Waals surface area contributed by atoms with Crippen LogP contribution in [0.5, 0.6) is 0 Å². The first-order valence-electron chi connectivity index (χ1n) is 7.14. The van der Waals surface area contributed by atoms with Crippen molar-refractivity contribution < 1.29 is 13.2 Å². The predicted molar refractivity (Wildman–Crippen MR) is 94.6 cm³/mol. The van der Waals surface area contributed by atoms with Crippen LogP contribution in [0.2, 0.25) is 10.0 Å². The van der Waals surface area contributed by atoms with Crippen LogP contribution in [-0.4, -0.2) is 20.9 Å². The number of amides is 1. The maximum absolute atomic E-state index is 12.1. The summed E-state index contributed by atoms with van der Waals surface area (Å²) in [4.78, 5) is 11.8. The topological polar surface area (TPSA) is 75.3 Å². The van der Waals surface area contributed by atoms with Gasteiger partial charge in [0.15, 0.2) is 0 Å². The number of nitrogens with one attached hydrogen (secondary N) is 2. The van der Waals surface area contributed by atoms with Crippen LogP contribution in [0.3, 0.4) is 0 Å². The van der Waals surface area contributed by atoms with Crippen molar-refractivity contribution in [3.05, 3.63) is 64.1 Å². The predicted octanol–water partition coefficient (Wildman–Crippen LogP) is 2.98. The molecule has 0 aliphatic rings. The van der Waals surface area contributed by atoms with Crippen LogP contribution in [0.15, 0.2) is 53.4 Å². The minimum absolute atomic E-state index is 0.00148. The van der Waals surface area contributed by atoms with Gasteiger partial charge >= 0.3 is 0 Å². The van der Waals surface area contributed by atoms with E-state index < -0.39 is 10.0 Å². The van der Waals surface area contributed by atoms with E-state index in [1.807, 2.05) is 30.3 Å². The number of hydrogen-bond acceptors (Lipinski definition) is 3. The zero-order valence-corrected chi connectivity index (χ0v) is 15.0. The van der Waals surface area contributed by atoms with E-state index in [2.05, 4.69) is 10.0 Å². The van der Waals surface area contributed by atoms with Crippen LogP contribution in [0.4, 0.5) is 0 Å². The monoisotopic (exact) mass is 386 g/mol. The summed E-state index contributed by atoms with van der Waals surface area (Å²) in [5.41, 5.74) is 0.974. The van der Waals surface area contributed by atoms with Crippen molar-refractivity contribution in [2.75, 3.05) is 6.54 Å². The van der Waals surface area contributed by atoms with E-state index in [1.54, 1.807) is 0 Å². The van der Waals surface area contributed by atoms with Crippen LogP contribution >= 0.6 is 23.2 Å². The Morgan fingerprint density at radius 1 is 1.00 bits per heavy atom. The van der Waals surface area contributed by atoms with Gasteiger partial charge in [-0.3, -0.25) is 4.79 Å². The Kier molecular flexibility index (Phi) is 6.62. The summed E-state index contributed by atoms with van der Waals surface area (Å²) in [5, 5.41) is 3.16. The first-order chi connectivity index (χ1) is 11.4. The zero-order chi connectivity index (χ0) is 17.6. The second kappa shape index (κ2) is 8.48. The van der Waals surface area contributed by atoms with Crippen molar-refractivity contribution in [3.8, 4) is 0 Å². The molecule has 0 bridgehead atoms. The van der Waals surface area contributed by atoms with Crippen molar-refractivity contribution in [3.63, 3.8) is 0 Å². The molecule has 128 valence electrons. The Hall–Kier alpha value is -1.60. The largest absolute Gasteiger partial charge is 0.352 e. The first-order valence-corrected chi connectivity index (χ1v) is 9.38. The molecule has 2 aromatic carbocycles. The molecule has 24 heavy (non-hydrogen) atoms. The fraction of sp³-hybridized carbons (Fsp3) is 0.188. The molecule has 5 nitrogen and oxygen atoms in total. The van der Waals surface area contributed by atoms with Crippen LogP contribution < -0.4 is 10.0 Å². The van der Waals surface area contributed by atoms with Gasteiger partial charge < -0.3 is 5.32 Å². The van der Waals surface area contributed by atoms with Gasteiger partial charge in [0.25, 0.3) is 0 Å². The van der Waals surface area contributed by atoms with E-state index in [4.69, 9.17) is 23.2 Å². The normalized spacial score (nSPS) is 11.2. The average Bonchev–Trinajstić information content (AvgIpc) is 2.56. The van der Waals surface area contributed by atoms with Gasteiger partial charge in [-0.1, -0.05) is 53.5 Å². The highest BCUT2D eigenvalue weighted by Crippen LogP contribution is 2.24. The summed E-state index contributed by atoms with van der Waals surface area (Å²) >= 11 is 11.6. The van der Waals surface area contributed by atoms with Gasteiger partial charge in [-0.2, -0.15) is 0 Å². The summed E-state index contributed by atoms with van der Waals surface area (Å²) in [6.07, 6.45) is 0.0351. The quantitative estimate of drug-likeness (QED) is 0.767. The second-order valence-electron chi connectivity index (χ2n) is 4.99. The van der Waals surface area contributed by atoms with Crippen LogP contribution in [-0.2, 0) is 21.4 Å². The van der Waals surface area contributed by atoms with Gasteiger partial charge in [0.2, 0.25) is 15.9 Å². The van der Waals surface area contributed by atoms with E-state index in [0.717, 1.165) is 5.56 Å². The molecule has 0 aliphatic carbocycles. The molecule has 0 radical (unpaired) electrons. The lowest BCUT2D eigenvalue weighted by atomic mass is 10.2. The lowest BCUT2D eigenvalue weighted by Crippen LogP contribution is -2.30. The average molecular weight is 387 g/mol. The Morgan fingerprint density at radius 3 is 2.38 bits per heavy atom. The fourth-order valence-electron chi connectivity index (χ4n) is 1.91. The third-order valence-corrected chi connectivity index (χ3v) is 5.38. The Balaban J connectivity index is 1.82. The number of rotatable bonds is 7. The van der Waals surface area contributed by atoms with E-state index in [0.29, 0.717) is 6.54 Å². The highest BCUT2D eigenvalue weighted by Gasteiger charge is 2.15. The van der Waals surface area contributed by atoms with Gasteiger partial charge in [0.1, 0.15) is 0 Å². The third kappa shape index (κ3) is 5.49. The van der Waals surface area contributed by atoms with Crippen molar-refractivity contribution in [2.45, 2.75) is 17.9 Å². The maximum Gasteiger partial charge on any atom is 0.240 e. The lowest BCUT2D eigenvalue weighted by molar-refractivity contribution is -0.121. The van der Waals surface area contributed by atoms with Gasteiger partial charge in [0.05, 0.1) is 14.9 Å². The number of benzene rings is 2. The molecule has 2 rings (SSSR count).